The number of hydrogen-bond acceptors (Lipinski definition) is 4. The van der Waals surface area contributed by atoms with Crippen LogP contribution in [-0.4, -0.2) is 20.4 Å². The molecule has 0 saturated carbocycles. The summed E-state index contributed by atoms with van der Waals surface area (Å²) in [6, 6.07) is 10.3. The molecule has 0 unspecified atom stereocenters. The molecule has 0 radical (unpaired) electrons. The van der Waals surface area contributed by atoms with Gasteiger partial charge in [0.2, 0.25) is 0 Å². The molecule has 20 heavy (non-hydrogen) atoms. The lowest BCUT2D eigenvalue weighted by Gasteiger charge is -2.18. The van der Waals surface area contributed by atoms with Crippen LogP contribution in [0, 0.1) is 0 Å². The summed E-state index contributed by atoms with van der Waals surface area (Å²) < 4.78 is 31.6. The average Bonchev–Trinajstić information content (AvgIpc) is 2.94. The van der Waals surface area contributed by atoms with E-state index in [1.165, 1.54) is 11.4 Å². The van der Waals surface area contributed by atoms with Gasteiger partial charge >= 0.3 is 0 Å². The minimum absolute atomic E-state index is 0.259. The van der Waals surface area contributed by atoms with Crippen LogP contribution in [0.5, 0.6) is 0 Å². The molecule has 3 rings (SSSR count). The van der Waals surface area contributed by atoms with Crippen molar-refractivity contribution in [1.82, 2.24) is 4.98 Å². The summed E-state index contributed by atoms with van der Waals surface area (Å²) in [5, 5.41) is 0. The van der Waals surface area contributed by atoms with Crippen molar-refractivity contribution < 1.29 is 13.2 Å². The molecule has 0 aliphatic carbocycles. The fourth-order valence-electron chi connectivity index (χ4n) is 2.13. The number of fused-ring (bicyclic) bond motifs is 1. The summed E-state index contributed by atoms with van der Waals surface area (Å²) in [7, 11) is -2.10. The Morgan fingerprint density at radius 1 is 1.15 bits per heavy atom. The van der Waals surface area contributed by atoms with Gasteiger partial charge in [-0.2, -0.15) is 0 Å². The molecule has 0 N–H and O–H groups in total. The maximum absolute atomic E-state index is 12.6. The zero-order valence-electron chi connectivity index (χ0n) is 11.0. The molecule has 104 valence electrons. The van der Waals surface area contributed by atoms with E-state index in [0.29, 0.717) is 19.0 Å². The zero-order valence-corrected chi connectivity index (χ0v) is 11.8. The van der Waals surface area contributed by atoms with Gasteiger partial charge in [-0.3, -0.25) is 4.31 Å². The summed E-state index contributed by atoms with van der Waals surface area (Å²) in [4.78, 5) is 4.32. The molecule has 5 nitrogen and oxygen atoms in total. The Morgan fingerprint density at radius 3 is 2.70 bits per heavy atom. The Morgan fingerprint density at radius 2 is 1.95 bits per heavy atom. The molecule has 0 fully saturated rings. The van der Waals surface area contributed by atoms with Gasteiger partial charge in [-0.25, -0.2) is 13.4 Å². The first-order valence-corrected chi connectivity index (χ1v) is 7.62. The predicted octanol–water partition coefficient (Wildman–Crippen LogP) is 1.94. The van der Waals surface area contributed by atoms with Crippen molar-refractivity contribution in [2.24, 2.45) is 0 Å². The standard InChI is InChI=1S/C14H14N2O3S/c1-16(14-4-2-3-7-15-14)20(17,18)13-6-5-11-9-19-10-12(11)8-13/h2-8H,9-10H2,1H3. The quantitative estimate of drug-likeness (QED) is 0.866. The van der Waals surface area contributed by atoms with Gasteiger partial charge in [0, 0.05) is 13.2 Å². The van der Waals surface area contributed by atoms with Crippen LogP contribution in [0.1, 0.15) is 11.1 Å². The summed E-state index contributed by atoms with van der Waals surface area (Å²) in [6.07, 6.45) is 1.57. The fourth-order valence-corrected chi connectivity index (χ4v) is 3.33. The number of hydrogen-bond donors (Lipinski definition) is 0. The minimum atomic E-state index is -3.60. The van der Waals surface area contributed by atoms with Crippen LogP contribution in [0.15, 0.2) is 47.5 Å². The molecule has 2 aromatic rings. The average molecular weight is 290 g/mol. The Balaban J connectivity index is 2.00. The molecule has 0 amide bonds. The number of nitrogens with zero attached hydrogens (tertiary/aromatic N) is 2. The van der Waals surface area contributed by atoms with Gasteiger partial charge in [0.05, 0.1) is 18.1 Å². The van der Waals surface area contributed by atoms with E-state index in [1.54, 1.807) is 36.5 Å². The molecule has 0 atom stereocenters. The van der Waals surface area contributed by atoms with E-state index in [2.05, 4.69) is 4.98 Å². The molecule has 2 heterocycles. The Bertz CT molecular complexity index is 729. The molecule has 1 aliphatic rings. The first-order chi connectivity index (χ1) is 9.59. The molecular weight excluding hydrogens is 276 g/mol. The van der Waals surface area contributed by atoms with E-state index in [-0.39, 0.29) is 4.90 Å². The molecule has 6 heteroatoms. The Labute approximate surface area is 117 Å². The van der Waals surface area contributed by atoms with Crippen molar-refractivity contribution in [2.75, 3.05) is 11.4 Å². The number of pyridine rings is 1. The summed E-state index contributed by atoms with van der Waals surface area (Å²) in [6.45, 7) is 1.01. The van der Waals surface area contributed by atoms with Gasteiger partial charge in [0.1, 0.15) is 5.82 Å². The molecule has 1 aromatic heterocycles. The summed E-state index contributed by atoms with van der Waals surface area (Å²) >= 11 is 0. The van der Waals surface area contributed by atoms with Crippen LogP contribution < -0.4 is 4.31 Å². The van der Waals surface area contributed by atoms with Gasteiger partial charge in [-0.05, 0) is 35.4 Å². The van der Waals surface area contributed by atoms with Crippen LogP contribution in [-0.2, 0) is 28.0 Å². The number of benzene rings is 1. The van der Waals surface area contributed by atoms with E-state index < -0.39 is 10.0 Å². The van der Waals surface area contributed by atoms with Crippen molar-refractivity contribution in [1.29, 1.82) is 0 Å². The minimum Gasteiger partial charge on any atom is -0.372 e. The van der Waals surface area contributed by atoms with Crippen LogP contribution in [0.4, 0.5) is 5.82 Å². The van der Waals surface area contributed by atoms with Crippen molar-refractivity contribution in [3.63, 3.8) is 0 Å². The lowest BCUT2D eigenvalue weighted by molar-refractivity contribution is 0.134. The topological polar surface area (TPSA) is 59.5 Å². The predicted molar refractivity (Wildman–Crippen MR) is 74.8 cm³/mol. The van der Waals surface area contributed by atoms with Gasteiger partial charge in [0.25, 0.3) is 10.0 Å². The van der Waals surface area contributed by atoms with Crippen molar-refractivity contribution in [2.45, 2.75) is 18.1 Å². The van der Waals surface area contributed by atoms with Crippen LogP contribution in [0.2, 0.25) is 0 Å². The third kappa shape index (κ3) is 2.17. The molecule has 1 aromatic carbocycles. The molecular formula is C14H14N2O3S. The van der Waals surface area contributed by atoms with E-state index in [0.717, 1.165) is 11.1 Å². The second-order valence-electron chi connectivity index (χ2n) is 4.58. The number of sulfonamides is 1. The third-order valence-corrected chi connectivity index (χ3v) is 5.08. The third-order valence-electron chi connectivity index (χ3n) is 3.32. The van der Waals surface area contributed by atoms with Crippen molar-refractivity contribution in [3.8, 4) is 0 Å². The van der Waals surface area contributed by atoms with E-state index >= 15 is 0 Å². The van der Waals surface area contributed by atoms with E-state index in [1.807, 2.05) is 6.07 Å². The zero-order chi connectivity index (χ0) is 14.2. The van der Waals surface area contributed by atoms with E-state index in [4.69, 9.17) is 4.74 Å². The maximum Gasteiger partial charge on any atom is 0.265 e. The SMILES string of the molecule is CN(c1ccccn1)S(=O)(=O)c1ccc2c(c1)COC2. The number of aromatic nitrogens is 1. The highest BCUT2D eigenvalue weighted by Gasteiger charge is 2.24. The number of rotatable bonds is 3. The van der Waals surface area contributed by atoms with Crippen LogP contribution in [0.3, 0.4) is 0 Å². The summed E-state index contributed by atoms with van der Waals surface area (Å²) in [5.74, 6) is 0.393. The number of ether oxygens (including phenoxy) is 1. The molecule has 1 aliphatic heterocycles. The van der Waals surface area contributed by atoms with Gasteiger partial charge in [0.15, 0.2) is 0 Å². The Kier molecular flexibility index (Phi) is 3.19. The van der Waals surface area contributed by atoms with Gasteiger partial charge < -0.3 is 4.74 Å². The first kappa shape index (κ1) is 13.1. The van der Waals surface area contributed by atoms with Crippen molar-refractivity contribution in [3.05, 3.63) is 53.7 Å². The monoisotopic (exact) mass is 290 g/mol. The first-order valence-electron chi connectivity index (χ1n) is 6.18. The number of anilines is 1. The summed E-state index contributed by atoms with van der Waals surface area (Å²) in [5.41, 5.74) is 1.98. The molecule has 0 bridgehead atoms. The van der Waals surface area contributed by atoms with Crippen LogP contribution in [0.25, 0.3) is 0 Å². The largest absolute Gasteiger partial charge is 0.372 e. The second-order valence-corrected chi connectivity index (χ2v) is 6.55. The lowest BCUT2D eigenvalue weighted by atomic mass is 10.1. The van der Waals surface area contributed by atoms with Crippen LogP contribution >= 0.6 is 0 Å². The fraction of sp³-hybridized carbons (Fsp3) is 0.214. The van der Waals surface area contributed by atoms with Gasteiger partial charge in [-0.1, -0.05) is 12.1 Å². The second kappa shape index (κ2) is 4.88. The Hall–Kier alpha value is -1.92. The lowest BCUT2D eigenvalue weighted by Crippen LogP contribution is -2.27. The van der Waals surface area contributed by atoms with Crippen molar-refractivity contribution >= 4 is 15.8 Å². The molecule has 0 spiro atoms. The molecule has 0 saturated heterocycles. The normalized spacial score (nSPS) is 14.1. The highest BCUT2D eigenvalue weighted by Crippen LogP contribution is 2.26. The van der Waals surface area contributed by atoms with Gasteiger partial charge in [-0.15, -0.1) is 0 Å². The smallest absolute Gasteiger partial charge is 0.265 e. The van der Waals surface area contributed by atoms with E-state index in [9.17, 15) is 8.42 Å². The highest BCUT2D eigenvalue weighted by atomic mass is 32.2. The highest BCUT2D eigenvalue weighted by molar-refractivity contribution is 7.92. The maximum atomic E-state index is 12.6.